The molecule has 0 fully saturated rings. The number of ether oxygens (including phenoxy) is 2. The van der Waals surface area contributed by atoms with E-state index in [1.807, 2.05) is 0 Å². The topological polar surface area (TPSA) is 35.5 Å². The van der Waals surface area contributed by atoms with Crippen molar-refractivity contribution >= 4 is 5.97 Å². The van der Waals surface area contributed by atoms with Gasteiger partial charge in [0.25, 0.3) is 0 Å². The summed E-state index contributed by atoms with van der Waals surface area (Å²) < 4.78 is 11.1. The molecule has 0 aliphatic rings. The lowest BCUT2D eigenvalue weighted by Gasteiger charge is -2.13. The fourth-order valence-electron chi connectivity index (χ4n) is 6.03. The molecule has 0 unspecified atom stereocenters. The molecule has 3 heteroatoms. The van der Waals surface area contributed by atoms with Gasteiger partial charge in [-0.25, -0.2) is 0 Å². The number of carbonyl (C=O) groups is 1. The fraction of sp³-hybridized carbons (Fsp3) is 0.860. The molecule has 0 amide bonds. The van der Waals surface area contributed by atoms with Gasteiger partial charge in [0.2, 0.25) is 0 Å². The molecule has 46 heavy (non-hydrogen) atoms. The SMILES string of the molecule is [CH2][C@H](COCCCCCCCC/C=C\C/C=C\CCCCC)OC(=O)CCCCCCCCCCCCCCCCCCCCC. The van der Waals surface area contributed by atoms with E-state index in [-0.39, 0.29) is 5.97 Å². The van der Waals surface area contributed by atoms with E-state index in [0.29, 0.717) is 13.0 Å². The molecule has 0 rings (SSSR count). The summed E-state index contributed by atoms with van der Waals surface area (Å²) in [6.07, 6.45) is 50.2. The minimum atomic E-state index is -0.391. The lowest BCUT2D eigenvalue weighted by Crippen LogP contribution is -2.20. The number of hydrogen-bond acceptors (Lipinski definition) is 3. The normalized spacial score (nSPS) is 12.5. The summed E-state index contributed by atoms with van der Waals surface area (Å²) in [7, 11) is 0. The summed E-state index contributed by atoms with van der Waals surface area (Å²) in [5.74, 6) is -0.121. The molecule has 0 aromatic heterocycles. The molecule has 0 N–H and O–H groups in total. The predicted octanol–water partition coefficient (Wildman–Crippen LogP) is 14.4. The zero-order valence-corrected chi connectivity index (χ0v) is 31.4. The van der Waals surface area contributed by atoms with Crippen LogP contribution in [0.3, 0.4) is 0 Å². The predicted molar refractivity (Wildman–Crippen MR) is 203 cm³/mol. The van der Waals surface area contributed by atoms with E-state index in [1.54, 1.807) is 0 Å². The first-order valence-electron chi connectivity index (χ1n) is 20.6. The van der Waals surface area contributed by atoms with Gasteiger partial charge in [-0.3, -0.25) is 4.79 Å². The van der Waals surface area contributed by atoms with Gasteiger partial charge in [0.1, 0.15) is 6.10 Å². The molecule has 0 aliphatic heterocycles. The number of allylic oxidation sites excluding steroid dienone is 4. The first kappa shape index (κ1) is 44.9. The highest BCUT2D eigenvalue weighted by atomic mass is 16.6. The van der Waals surface area contributed by atoms with Crippen molar-refractivity contribution in [2.24, 2.45) is 0 Å². The zero-order valence-electron chi connectivity index (χ0n) is 31.4. The van der Waals surface area contributed by atoms with Gasteiger partial charge in [0.05, 0.1) is 6.61 Å². The molecule has 0 saturated heterocycles. The number of unbranched alkanes of at least 4 members (excludes halogenated alkanes) is 27. The molecule has 0 aromatic carbocycles. The van der Waals surface area contributed by atoms with Crippen molar-refractivity contribution in [2.75, 3.05) is 13.2 Å². The maximum absolute atomic E-state index is 12.1. The van der Waals surface area contributed by atoms with E-state index in [0.717, 1.165) is 32.3 Å². The van der Waals surface area contributed by atoms with Crippen LogP contribution < -0.4 is 0 Å². The first-order chi connectivity index (χ1) is 22.7. The standard InChI is InChI=1S/C43H81O3/c1-4-6-8-10-12-14-16-18-20-22-23-24-25-27-29-31-33-35-37-39-43(44)46-42(3)41-45-40-38-36-34-32-30-28-26-21-19-17-15-13-11-9-7-5-2/h13,15,19,21,42H,3-12,14,16-18,20,22-41H2,1-2H3/b15-13-,21-19-/t42-/m1/s1. The minimum Gasteiger partial charge on any atom is -0.460 e. The van der Waals surface area contributed by atoms with E-state index in [9.17, 15) is 4.79 Å². The Hall–Kier alpha value is -1.09. The Morgan fingerprint density at radius 1 is 0.500 bits per heavy atom. The third kappa shape index (κ3) is 39.1. The van der Waals surface area contributed by atoms with Crippen molar-refractivity contribution in [1.29, 1.82) is 0 Å². The van der Waals surface area contributed by atoms with Crippen LogP contribution in [0.5, 0.6) is 0 Å². The van der Waals surface area contributed by atoms with Gasteiger partial charge in [0, 0.05) is 13.0 Å². The number of hydrogen-bond donors (Lipinski definition) is 0. The Balaban J connectivity index is 3.30. The highest BCUT2D eigenvalue weighted by Crippen LogP contribution is 2.15. The first-order valence-corrected chi connectivity index (χ1v) is 20.6. The molecule has 0 aromatic rings. The van der Waals surface area contributed by atoms with Gasteiger partial charge in [-0.15, -0.1) is 0 Å². The Morgan fingerprint density at radius 2 is 0.870 bits per heavy atom. The average Bonchev–Trinajstić information content (AvgIpc) is 3.05. The van der Waals surface area contributed by atoms with Crippen LogP contribution in [-0.4, -0.2) is 25.3 Å². The molecule has 0 spiro atoms. The number of carbonyl (C=O) groups excluding carboxylic acids is 1. The van der Waals surface area contributed by atoms with Crippen LogP contribution in [0.1, 0.15) is 219 Å². The van der Waals surface area contributed by atoms with Gasteiger partial charge in [-0.2, -0.15) is 0 Å². The van der Waals surface area contributed by atoms with Crippen LogP contribution in [-0.2, 0) is 14.3 Å². The van der Waals surface area contributed by atoms with Crippen molar-refractivity contribution in [2.45, 2.75) is 225 Å². The molecule has 0 bridgehead atoms. The lowest BCUT2D eigenvalue weighted by atomic mass is 10.0. The zero-order chi connectivity index (χ0) is 33.4. The van der Waals surface area contributed by atoms with Gasteiger partial charge < -0.3 is 9.47 Å². The largest absolute Gasteiger partial charge is 0.460 e. The van der Waals surface area contributed by atoms with Crippen LogP contribution in [0.25, 0.3) is 0 Å². The second-order valence-electron chi connectivity index (χ2n) is 13.9. The average molecular weight is 646 g/mol. The molecule has 0 aliphatic carbocycles. The monoisotopic (exact) mass is 646 g/mol. The number of rotatable bonds is 38. The Kier molecular flexibility index (Phi) is 39.1. The van der Waals surface area contributed by atoms with E-state index >= 15 is 0 Å². The van der Waals surface area contributed by atoms with Crippen LogP contribution in [0.2, 0.25) is 0 Å². The molecular weight excluding hydrogens is 564 g/mol. The van der Waals surface area contributed by atoms with Crippen LogP contribution in [0.4, 0.5) is 0 Å². The molecule has 0 heterocycles. The summed E-state index contributed by atoms with van der Waals surface area (Å²) in [6, 6.07) is 0. The summed E-state index contributed by atoms with van der Waals surface area (Å²) >= 11 is 0. The lowest BCUT2D eigenvalue weighted by molar-refractivity contribution is -0.149. The third-order valence-electron chi connectivity index (χ3n) is 9.08. The van der Waals surface area contributed by atoms with Gasteiger partial charge >= 0.3 is 5.97 Å². The Labute approximate surface area is 289 Å². The fourth-order valence-corrected chi connectivity index (χ4v) is 6.03. The Morgan fingerprint density at radius 3 is 1.35 bits per heavy atom. The highest BCUT2D eigenvalue weighted by Gasteiger charge is 2.09. The van der Waals surface area contributed by atoms with E-state index in [2.05, 4.69) is 45.1 Å². The maximum Gasteiger partial charge on any atom is 0.306 e. The van der Waals surface area contributed by atoms with Gasteiger partial charge in [-0.1, -0.05) is 192 Å². The second kappa shape index (κ2) is 40.1. The van der Waals surface area contributed by atoms with Crippen LogP contribution >= 0.6 is 0 Å². The van der Waals surface area contributed by atoms with Gasteiger partial charge in [-0.05, 0) is 51.9 Å². The molecule has 0 saturated carbocycles. The van der Waals surface area contributed by atoms with Gasteiger partial charge in [0.15, 0.2) is 0 Å². The summed E-state index contributed by atoms with van der Waals surface area (Å²) in [4.78, 5) is 12.1. The third-order valence-corrected chi connectivity index (χ3v) is 9.08. The second-order valence-corrected chi connectivity index (χ2v) is 13.9. The van der Waals surface area contributed by atoms with Crippen molar-refractivity contribution in [3.8, 4) is 0 Å². The van der Waals surface area contributed by atoms with Crippen LogP contribution in [0.15, 0.2) is 24.3 Å². The highest BCUT2D eigenvalue weighted by molar-refractivity contribution is 5.69. The summed E-state index contributed by atoms with van der Waals surface area (Å²) in [5.41, 5.74) is 0. The van der Waals surface area contributed by atoms with Crippen molar-refractivity contribution in [1.82, 2.24) is 0 Å². The number of esters is 1. The van der Waals surface area contributed by atoms with Crippen molar-refractivity contribution < 1.29 is 14.3 Å². The smallest absolute Gasteiger partial charge is 0.306 e. The minimum absolute atomic E-state index is 0.121. The van der Waals surface area contributed by atoms with E-state index in [4.69, 9.17) is 9.47 Å². The van der Waals surface area contributed by atoms with E-state index < -0.39 is 6.10 Å². The molecule has 271 valence electrons. The maximum atomic E-state index is 12.1. The molecular formula is C43H81O3. The summed E-state index contributed by atoms with van der Waals surface area (Å²) in [5, 5.41) is 0. The quantitative estimate of drug-likeness (QED) is 0.0381. The molecule has 1 atom stereocenters. The molecule has 1 radical (unpaired) electrons. The molecule has 3 nitrogen and oxygen atoms in total. The van der Waals surface area contributed by atoms with Crippen LogP contribution in [0, 0.1) is 6.92 Å². The van der Waals surface area contributed by atoms with Crippen molar-refractivity contribution in [3.63, 3.8) is 0 Å². The Bertz CT molecular complexity index is 640. The summed E-state index contributed by atoms with van der Waals surface area (Å²) in [6.45, 7) is 9.64. The van der Waals surface area contributed by atoms with Crippen molar-refractivity contribution in [3.05, 3.63) is 31.2 Å². The van der Waals surface area contributed by atoms with E-state index in [1.165, 1.54) is 173 Å².